The van der Waals surface area contributed by atoms with Crippen LogP contribution in [0, 0.1) is 5.92 Å². The summed E-state index contributed by atoms with van der Waals surface area (Å²) >= 11 is 0. The number of carbonyl (C=O) groups is 1. The van der Waals surface area contributed by atoms with Gasteiger partial charge in [0.2, 0.25) is 0 Å². The molecule has 0 fully saturated rings. The minimum absolute atomic E-state index is 0.00609. The molecule has 0 amide bonds. The van der Waals surface area contributed by atoms with Crippen LogP contribution in [-0.2, 0) is 10.2 Å². The van der Waals surface area contributed by atoms with Crippen molar-refractivity contribution in [1.29, 1.82) is 0 Å². The highest BCUT2D eigenvalue weighted by atomic mass is 16.4. The molecule has 4 nitrogen and oxygen atoms in total. The van der Waals surface area contributed by atoms with Gasteiger partial charge in [0.25, 0.3) is 0 Å². The third-order valence-electron chi connectivity index (χ3n) is 7.05. The Morgan fingerprint density at radius 2 is 1.84 bits per heavy atom. The van der Waals surface area contributed by atoms with E-state index >= 15 is 0 Å². The second-order valence-electron chi connectivity index (χ2n) is 9.88. The summed E-state index contributed by atoms with van der Waals surface area (Å²) in [4.78, 5) is 11.6. The van der Waals surface area contributed by atoms with Crippen molar-refractivity contribution in [2.45, 2.75) is 103 Å². The van der Waals surface area contributed by atoms with Crippen LogP contribution >= 0.6 is 0 Å². The zero-order valence-electron chi connectivity index (χ0n) is 19.7. The Hall–Kier alpha value is -1.81. The topological polar surface area (TPSA) is 77.8 Å². The number of phenolic OH excluding ortho intramolecular Hbond substituents is 1. The monoisotopic (exact) mass is 430 g/mol. The number of aromatic hydroxyl groups is 1. The zero-order valence-corrected chi connectivity index (χ0v) is 19.7. The molecule has 0 heterocycles. The molecule has 0 unspecified atom stereocenters. The van der Waals surface area contributed by atoms with E-state index in [0.29, 0.717) is 23.7 Å². The number of rotatable bonds is 13. The molecule has 1 aliphatic rings. The van der Waals surface area contributed by atoms with Gasteiger partial charge in [-0.3, -0.25) is 0 Å². The number of hydrogen-bond donors (Lipinski definition) is 3. The van der Waals surface area contributed by atoms with Crippen molar-refractivity contribution in [1.82, 2.24) is 0 Å². The quantitative estimate of drug-likeness (QED) is 0.304. The second-order valence-corrected chi connectivity index (χ2v) is 9.88. The van der Waals surface area contributed by atoms with Crippen LogP contribution in [0.15, 0.2) is 29.8 Å². The van der Waals surface area contributed by atoms with E-state index in [9.17, 15) is 15.0 Å². The SMILES string of the molecule is CCCCCCC(C)(C)c1ccc([C@@H]2CC(C(=O)O)=CC[C@H]2CCCCCO)c(O)c1. The van der Waals surface area contributed by atoms with E-state index in [4.69, 9.17) is 5.11 Å². The normalized spacial score (nSPS) is 19.3. The molecule has 0 bridgehead atoms. The largest absolute Gasteiger partial charge is 0.508 e. The third kappa shape index (κ3) is 7.38. The summed E-state index contributed by atoms with van der Waals surface area (Å²) in [5.74, 6) is -0.211. The molecule has 0 saturated heterocycles. The number of benzene rings is 1. The smallest absolute Gasteiger partial charge is 0.331 e. The van der Waals surface area contributed by atoms with E-state index in [1.165, 1.54) is 25.7 Å². The lowest BCUT2D eigenvalue weighted by atomic mass is 9.72. The average Bonchev–Trinajstić information content (AvgIpc) is 2.74. The zero-order chi connectivity index (χ0) is 22.9. The number of carboxylic acids is 1. The molecule has 174 valence electrons. The fourth-order valence-corrected chi connectivity index (χ4v) is 4.91. The van der Waals surface area contributed by atoms with Gasteiger partial charge in [0, 0.05) is 12.2 Å². The summed E-state index contributed by atoms with van der Waals surface area (Å²) in [6.07, 6.45) is 12.9. The second kappa shape index (κ2) is 12.3. The van der Waals surface area contributed by atoms with Crippen molar-refractivity contribution < 1.29 is 20.1 Å². The molecule has 4 heteroatoms. The number of carboxylic acid groups (broad SMARTS) is 1. The van der Waals surface area contributed by atoms with Crippen molar-refractivity contribution in [3.8, 4) is 5.75 Å². The molecule has 1 aliphatic carbocycles. The Labute approximate surface area is 188 Å². The molecule has 1 aromatic rings. The first-order valence-electron chi connectivity index (χ1n) is 12.2. The average molecular weight is 431 g/mol. The van der Waals surface area contributed by atoms with E-state index in [0.717, 1.165) is 49.7 Å². The van der Waals surface area contributed by atoms with Crippen LogP contribution in [0.1, 0.15) is 108 Å². The molecule has 0 aromatic heterocycles. The minimum atomic E-state index is -0.854. The summed E-state index contributed by atoms with van der Waals surface area (Å²) < 4.78 is 0. The third-order valence-corrected chi connectivity index (χ3v) is 7.05. The Bertz CT molecular complexity index is 735. The summed E-state index contributed by atoms with van der Waals surface area (Å²) in [6.45, 7) is 6.91. The Balaban J connectivity index is 2.18. The summed E-state index contributed by atoms with van der Waals surface area (Å²) in [5, 5.41) is 29.5. The first-order valence-corrected chi connectivity index (χ1v) is 12.2. The van der Waals surface area contributed by atoms with Crippen molar-refractivity contribution in [2.75, 3.05) is 6.61 Å². The van der Waals surface area contributed by atoms with Gasteiger partial charge in [-0.25, -0.2) is 4.79 Å². The van der Waals surface area contributed by atoms with Gasteiger partial charge in [0.15, 0.2) is 0 Å². The molecule has 1 aromatic carbocycles. The highest BCUT2D eigenvalue weighted by molar-refractivity contribution is 5.87. The number of phenols is 1. The molecule has 0 radical (unpaired) electrons. The van der Waals surface area contributed by atoms with E-state index in [1.807, 2.05) is 18.2 Å². The van der Waals surface area contributed by atoms with Crippen LogP contribution in [0.3, 0.4) is 0 Å². The summed E-state index contributed by atoms with van der Waals surface area (Å²) in [5.41, 5.74) is 2.49. The van der Waals surface area contributed by atoms with Crippen molar-refractivity contribution in [2.24, 2.45) is 5.92 Å². The molecule has 0 aliphatic heterocycles. The van der Waals surface area contributed by atoms with E-state index in [-0.39, 0.29) is 17.9 Å². The van der Waals surface area contributed by atoms with Gasteiger partial charge in [-0.1, -0.05) is 77.5 Å². The van der Waals surface area contributed by atoms with Gasteiger partial charge >= 0.3 is 5.97 Å². The number of aliphatic hydroxyl groups is 1. The van der Waals surface area contributed by atoms with E-state index < -0.39 is 5.97 Å². The van der Waals surface area contributed by atoms with Crippen LogP contribution < -0.4 is 0 Å². The van der Waals surface area contributed by atoms with Gasteiger partial charge in [-0.2, -0.15) is 0 Å². The maximum absolute atomic E-state index is 11.6. The molecular weight excluding hydrogens is 388 g/mol. The molecule has 0 saturated carbocycles. The highest BCUT2D eigenvalue weighted by Crippen LogP contribution is 2.44. The Kier molecular flexibility index (Phi) is 10.1. The van der Waals surface area contributed by atoms with Crippen molar-refractivity contribution >= 4 is 5.97 Å². The van der Waals surface area contributed by atoms with Crippen LogP contribution in [0.4, 0.5) is 0 Å². The lowest BCUT2D eigenvalue weighted by Gasteiger charge is -2.32. The van der Waals surface area contributed by atoms with Gasteiger partial charge in [-0.15, -0.1) is 0 Å². The molecular formula is C27H42O4. The maximum atomic E-state index is 11.6. The lowest BCUT2D eigenvalue weighted by molar-refractivity contribution is -0.133. The Morgan fingerprint density at radius 1 is 1.10 bits per heavy atom. The fourth-order valence-electron chi connectivity index (χ4n) is 4.91. The van der Waals surface area contributed by atoms with Crippen molar-refractivity contribution in [3.05, 3.63) is 41.0 Å². The number of aliphatic carboxylic acids is 1. The molecule has 2 rings (SSSR count). The molecule has 31 heavy (non-hydrogen) atoms. The van der Waals surface area contributed by atoms with Gasteiger partial charge in [0.1, 0.15) is 5.75 Å². The fraction of sp³-hybridized carbons (Fsp3) is 0.667. The maximum Gasteiger partial charge on any atom is 0.331 e. The Morgan fingerprint density at radius 3 is 2.48 bits per heavy atom. The number of allylic oxidation sites excluding steroid dienone is 1. The van der Waals surface area contributed by atoms with E-state index in [1.54, 1.807) is 0 Å². The minimum Gasteiger partial charge on any atom is -0.508 e. The van der Waals surface area contributed by atoms with Gasteiger partial charge in [0.05, 0.1) is 0 Å². The number of hydrogen-bond acceptors (Lipinski definition) is 3. The predicted octanol–water partition coefficient (Wildman–Crippen LogP) is 6.70. The first kappa shape index (κ1) is 25.5. The van der Waals surface area contributed by atoms with Crippen LogP contribution in [0.2, 0.25) is 0 Å². The number of aliphatic hydroxyl groups excluding tert-OH is 1. The highest BCUT2D eigenvalue weighted by Gasteiger charge is 2.31. The predicted molar refractivity (Wildman–Crippen MR) is 127 cm³/mol. The van der Waals surface area contributed by atoms with Crippen molar-refractivity contribution in [3.63, 3.8) is 0 Å². The molecule has 2 atom stereocenters. The number of unbranched alkanes of at least 4 members (excludes halogenated alkanes) is 5. The van der Waals surface area contributed by atoms with Gasteiger partial charge in [-0.05, 0) is 66.5 Å². The standard InChI is InChI=1S/C27H42O4/c1-4-5-6-9-16-27(2,3)22-14-15-23(25(29)19-22)24-18-21(26(30)31)13-12-20(24)11-8-7-10-17-28/h13-15,19-20,24,28-29H,4-12,16-18H2,1-3H3,(H,30,31)/t20-,24-/m1/s1. The van der Waals surface area contributed by atoms with E-state index in [2.05, 4.69) is 26.8 Å². The summed E-state index contributed by atoms with van der Waals surface area (Å²) in [7, 11) is 0. The molecule has 3 N–H and O–H groups in total. The summed E-state index contributed by atoms with van der Waals surface area (Å²) in [6, 6.07) is 6.09. The molecule has 0 spiro atoms. The van der Waals surface area contributed by atoms with Crippen LogP contribution in [-0.4, -0.2) is 27.9 Å². The van der Waals surface area contributed by atoms with Gasteiger partial charge < -0.3 is 15.3 Å². The van der Waals surface area contributed by atoms with Crippen LogP contribution in [0.25, 0.3) is 0 Å². The lowest BCUT2D eigenvalue weighted by Crippen LogP contribution is -2.21. The van der Waals surface area contributed by atoms with Crippen LogP contribution in [0.5, 0.6) is 5.75 Å². The first-order chi connectivity index (χ1) is 14.8.